The lowest BCUT2D eigenvalue weighted by Crippen LogP contribution is -2.21. The van der Waals surface area contributed by atoms with Crippen molar-refractivity contribution in [1.82, 2.24) is 0 Å². The molecule has 6 heteroatoms. The molecule has 0 radical (unpaired) electrons. The Hall–Kier alpha value is -2.53. The molecule has 2 N–H and O–H groups in total. The first kappa shape index (κ1) is 16.8. The van der Waals surface area contributed by atoms with Crippen LogP contribution < -0.4 is 5.32 Å². The van der Waals surface area contributed by atoms with Gasteiger partial charge in [0, 0.05) is 10.7 Å². The first-order valence-electron chi connectivity index (χ1n) is 6.89. The molecule has 0 heterocycles. The number of nitrogens with one attached hydrogen (secondary N) is 1. The van der Waals surface area contributed by atoms with Crippen LogP contribution in [0.2, 0.25) is 5.02 Å². The molecule has 0 aliphatic rings. The maximum atomic E-state index is 11.9. The van der Waals surface area contributed by atoms with E-state index in [4.69, 9.17) is 16.3 Å². The van der Waals surface area contributed by atoms with Crippen molar-refractivity contribution in [3.05, 3.63) is 58.1 Å². The van der Waals surface area contributed by atoms with E-state index in [0.717, 1.165) is 11.1 Å². The van der Waals surface area contributed by atoms with Crippen LogP contribution in [0.4, 0.5) is 5.69 Å². The van der Waals surface area contributed by atoms with Gasteiger partial charge < -0.3 is 15.2 Å². The molecule has 120 valence electrons. The fraction of sp³-hybridized carbons (Fsp3) is 0.176. The predicted octanol–water partition coefficient (Wildman–Crippen LogP) is 3.46. The number of amides is 1. The fourth-order valence-electron chi connectivity index (χ4n) is 2.03. The summed E-state index contributed by atoms with van der Waals surface area (Å²) in [5, 5.41) is 12.6. The smallest absolute Gasteiger partial charge is 0.342 e. The summed E-state index contributed by atoms with van der Waals surface area (Å²) in [7, 11) is 0. The minimum absolute atomic E-state index is 0.0475. The van der Waals surface area contributed by atoms with Crippen molar-refractivity contribution in [1.29, 1.82) is 0 Å². The number of carbonyl (C=O) groups is 2. The SMILES string of the molecule is Cc1ccc(NC(=O)COC(=O)c2ccc(Cl)cc2O)c(C)c1. The highest BCUT2D eigenvalue weighted by molar-refractivity contribution is 6.30. The normalized spacial score (nSPS) is 10.2. The molecule has 2 aromatic carbocycles. The lowest BCUT2D eigenvalue weighted by atomic mass is 10.1. The first-order valence-corrected chi connectivity index (χ1v) is 7.27. The third kappa shape index (κ3) is 4.47. The predicted molar refractivity (Wildman–Crippen MR) is 87.9 cm³/mol. The van der Waals surface area contributed by atoms with Crippen molar-refractivity contribution in [2.24, 2.45) is 0 Å². The van der Waals surface area contributed by atoms with Gasteiger partial charge in [0.15, 0.2) is 6.61 Å². The van der Waals surface area contributed by atoms with E-state index in [1.807, 2.05) is 26.0 Å². The Bertz CT molecular complexity index is 758. The number of benzene rings is 2. The molecule has 0 bridgehead atoms. The van der Waals surface area contributed by atoms with E-state index < -0.39 is 18.5 Å². The van der Waals surface area contributed by atoms with E-state index in [2.05, 4.69) is 5.32 Å². The highest BCUT2D eigenvalue weighted by Crippen LogP contribution is 2.22. The molecule has 0 saturated heterocycles. The molecule has 1 amide bonds. The summed E-state index contributed by atoms with van der Waals surface area (Å²) in [6.07, 6.45) is 0. The van der Waals surface area contributed by atoms with Crippen molar-refractivity contribution in [2.45, 2.75) is 13.8 Å². The summed E-state index contributed by atoms with van der Waals surface area (Å²) in [6.45, 7) is 3.38. The number of anilines is 1. The zero-order valence-electron chi connectivity index (χ0n) is 12.7. The monoisotopic (exact) mass is 333 g/mol. The highest BCUT2D eigenvalue weighted by atomic mass is 35.5. The molecule has 0 fully saturated rings. The van der Waals surface area contributed by atoms with Crippen molar-refractivity contribution < 1.29 is 19.4 Å². The Kier molecular flexibility index (Phi) is 5.24. The van der Waals surface area contributed by atoms with Crippen LogP contribution in [0.15, 0.2) is 36.4 Å². The Labute approximate surface area is 138 Å². The minimum atomic E-state index is -0.796. The van der Waals surface area contributed by atoms with Crippen LogP contribution in [0.25, 0.3) is 0 Å². The van der Waals surface area contributed by atoms with E-state index in [1.165, 1.54) is 18.2 Å². The molecule has 0 aromatic heterocycles. The maximum Gasteiger partial charge on any atom is 0.342 e. The molecule has 0 saturated carbocycles. The van der Waals surface area contributed by atoms with Gasteiger partial charge in [-0.1, -0.05) is 29.3 Å². The number of hydrogen-bond acceptors (Lipinski definition) is 4. The second-order valence-corrected chi connectivity index (χ2v) is 5.54. The van der Waals surface area contributed by atoms with E-state index in [1.54, 1.807) is 6.07 Å². The number of halogens is 1. The third-order valence-electron chi connectivity index (χ3n) is 3.17. The van der Waals surface area contributed by atoms with Gasteiger partial charge in [-0.25, -0.2) is 4.79 Å². The summed E-state index contributed by atoms with van der Waals surface area (Å²) in [6, 6.07) is 9.62. The molecular weight excluding hydrogens is 318 g/mol. The Morgan fingerprint density at radius 2 is 1.91 bits per heavy atom. The van der Waals surface area contributed by atoms with E-state index in [-0.39, 0.29) is 11.3 Å². The number of esters is 1. The van der Waals surface area contributed by atoms with Gasteiger partial charge in [0.1, 0.15) is 11.3 Å². The average molecular weight is 334 g/mol. The second-order valence-electron chi connectivity index (χ2n) is 5.10. The molecule has 2 rings (SSSR count). The standard InChI is InChI=1S/C17H16ClNO4/c1-10-3-6-14(11(2)7-10)19-16(21)9-23-17(22)13-5-4-12(18)8-15(13)20/h3-8,20H,9H2,1-2H3,(H,19,21). The summed E-state index contributed by atoms with van der Waals surface area (Å²) >= 11 is 5.69. The van der Waals surface area contributed by atoms with Crippen LogP contribution in [-0.2, 0) is 9.53 Å². The summed E-state index contributed by atoms with van der Waals surface area (Å²) in [5.74, 6) is -1.55. The van der Waals surface area contributed by atoms with Crippen LogP contribution >= 0.6 is 11.6 Å². The quantitative estimate of drug-likeness (QED) is 0.840. The molecule has 0 atom stereocenters. The van der Waals surface area contributed by atoms with Crippen molar-refractivity contribution >= 4 is 29.2 Å². The summed E-state index contributed by atoms with van der Waals surface area (Å²) < 4.78 is 4.89. The third-order valence-corrected chi connectivity index (χ3v) is 3.41. The number of ether oxygens (including phenoxy) is 1. The van der Waals surface area contributed by atoms with Gasteiger partial charge in [-0.3, -0.25) is 4.79 Å². The van der Waals surface area contributed by atoms with Gasteiger partial charge >= 0.3 is 5.97 Å². The molecule has 0 spiro atoms. The largest absolute Gasteiger partial charge is 0.507 e. The van der Waals surface area contributed by atoms with Gasteiger partial charge in [-0.2, -0.15) is 0 Å². The number of hydrogen-bond donors (Lipinski definition) is 2. The highest BCUT2D eigenvalue weighted by Gasteiger charge is 2.15. The zero-order valence-corrected chi connectivity index (χ0v) is 13.5. The Morgan fingerprint density at radius 3 is 2.57 bits per heavy atom. The van der Waals surface area contributed by atoms with Gasteiger partial charge in [0.25, 0.3) is 5.91 Å². The number of phenols is 1. The van der Waals surface area contributed by atoms with Gasteiger partial charge in [0.05, 0.1) is 0 Å². The first-order chi connectivity index (χ1) is 10.9. The molecule has 5 nitrogen and oxygen atoms in total. The zero-order chi connectivity index (χ0) is 17.0. The van der Waals surface area contributed by atoms with Crippen molar-refractivity contribution in [3.63, 3.8) is 0 Å². The number of aromatic hydroxyl groups is 1. The van der Waals surface area contributed by atoms with E-state index in [9.17, 15) is 14.7 Å². The fourth-order valence-corrected chi connectivity index (χ4v) is 2.19. The van der Waals surface area contributed by atoms with Gasteiger partial charge in [-0.05, 0) is 43.7 Å². The average Bonchev–Trinajstić information content (AvgIpc) is 2.48. The molecule has 0 aliphatic heterocycles. The summed E-state index contributed by atoms with van der Waals surface area (Å²) in [4.78, 5) is 23.7. The van der Waals surface area contributed by atoms with Crippen molar-refractivity contribution in [2.75, 3.05) is 11.9 Å². The van der Waals surface area contributed by atoms with E-state index >= 15 is 0 Å². The van der Waals surface area contributed by atoms with E-state index in [0.29, 0.717) is 10.7 Å². The summed E-state index contributed by atoms with van der Waals surface area (Å²) in [5.41, 5.74) is 2.62. The van der Waals surface area contributed by atoms with Crippen LogP contribution in [0, 0.1) is 13.8 Å². The second kappa shape index (κ2) is 7.15. The molecule has 0 aliphatic carbocycles. The Balaban J connectivity index is 1.94. The Morgan fingerprint density at radius 1 is 1.17 bits per heavy atom. The van der Waals surface area contributed by atoms with Crippen LogP contribution in [0.5, 0.6) is 5.75 Å². The molecule has 23 heavy (non-hydrogen) atoms. The van der Waals surface area contributed by atoms with Crippen molar-refractivity contribution in [3.8, 4) is 5.75 Å². The lowest BCUT2D eigenvalue weighted by Gasteiger charge is -2.10. The lowest BCUT2D eigenvalue weighted by molar-refractivity contribution is -0.119. The molecular formula is C17H16ClNO4. The van der Waals surface area contributed by atoms with Crippen LogP contribution in [0.3, 0.4) is 0 Å². The number of rotatable bonds is 4. The maximum absolute atomic E-state index is 11.9. The molecule has 0 unspecified atom stereocenters. The van der Waals surface area contributed by atoms with Gasteiger partial charge in [0.2, 0.25) is 0 Å². The van der Waals surface area contributed by atoms with Crippen LogP contribution in [0.1, 0.15) is 21.5 Å². The number of carbonyl (C=O) groups excluding carboxylic acids is 2. The topological polar surface area (TPSA) is 75.6 Å². The van der Waals surface area contributed by atoms with Crippen LogP contribution in [-0.4, -0.2) is 23.6 Å². The molecule has 2 aromatic rings. The van der Waals surface area contributed by atoms with Gasteiger partial charge in [-0.15, -0.1) is 0 Å². The minimum Gasteiger partial charge on any atom is -0.507 e. The number of phenolic OH excluding ortho intramolecular Hbond substituents is 1. The number of aryl methyl sites for hydroxylation is 2.